The summed E-state index contributed by atoms with van der Waals surface area (Å²) in [5, 5.41) is 10.8. The van der Waals surface area contributed by atoms with E-state index in [2.05, 4.69) is 34.6 Å². The van der Waals surface area contributed by atoms with Crippen molar-refractivity contribution in [2.24, 2.45) is 28.1 Å². The SMILES string of the molecule is COC(=O)C1=C(C)[C@@]2(C)C[C@H]3[C@]4(C)CC[C@@H](O)C(C)(C)[C@H]4CC[C@]3(C)OC2=C(C)C1=O. The second-order valence-electron chi connectivity index (χ2n) is 11.8. The number of rotatable bonds is 1. The molecular formula is C26H38O5. The van der Waals surface area contributed by atoms with Gasteiger partial charge in [-0.3, -0.25) is 4.79 Å². The summed E-state index contributed by atoms with van der Waals surface area (Å²) in [5.41, 5.74) is 0.444. The Labute approximate surface area is 186 Å². The zero-order valence-electron chi connectivity index (χ0n) is 20.3. The van der Waals surface area contributed by atoms with Crippen LogP contribution in [0.2, 0.25) is 0 Å². The smallest absolute Gasteiger partial charge is 0.341 e. The van der Waals surface area contributed by atoms with E-state index in [1.807, 2.05) is 6.92 Å². The average molecular weight is 431 g/mol. The number of fused-ring (bicyclic) bond motifs is 4. The van der Waals surface area contributed by atoms with Gasteiger partial charge in [0.05, 0.1) is 13.2 Å². The van der Waals surface area contributed by atoms with Crippen LogP contribution in [0.15, 0.2) is 22.5 Å². The molecule has 0 bridgehead atoms. The largest absolute Gasteiger partial charge is 0.490 e. The number of carbonyl (C=O) groups excluding carboxylic acids is 2. The third kappa shape index (κ3) is 2.77. The van der Waals surface area contributed by atoms with Crippen LogP contribution in [0, 0.1) is 28.1 Å². The number of esters is 1. The van der Waals surface area contributed by atoms with E-state index in [9.17, 15) is 14.7 Å². The summed E-state index contributed by atoms with van der Waals surface area (Å²) >= 11 is 0. The third-order valence-electron chi connectivity index (χ3n) is 9.92. The summed E-state index contributed by atoms with van der Waals surface area (Å²) in [6.45, 7) is 14.8. The van der Waals surface area contributed by atoms with Gasteiger partial charge in [0, 0.05) is 16.9 Å². The van der Waals surface area contributed by atoms with E-state index >= 15 is 0 Å². The standard InChI is InChI=1S/C26H38O5/c1-14-20(28)19(22(29)30-8)15(2)25(6)13-17-24(5)11-10-18(27)23(3,4)16(24)9-12-26(17,7)31-21(14)25/h16-18,27H,9-13H2,1-8H3/t16-,17+,18-,24-,25-,26+/m1/s1. The Kier molecular flexibility index (Phi) is 4.87. The summed E-state index contributed by atoms with van der Waals surface area (Å²) in [7, 11) is 1.32. The fraction of sp³-hybridized carbons (Fsp3) is 0.769. The highest BCUT2D eigenvalue weighted by Gasteiger charge is 2.65. The first kappa shape index (κ1) is 22.6. The monoisotopic (exact) mass is 430 g/mol. The van der Waals surface area contributed by atoms with Crippen LogP contribution in [0.3, 0.4) is 0 Å². The minimum absolute atomic E-state index is 0.0192. The van der Waals surface area contributed by atoms with Crippen molar-refractivity contribution in [3.63, 3.8) is 0 Å². The van der Waals surface area contributed by atoms with Crippen molar-refractivity contribution < 1.29 is 24.2 Å². The lowest BCUT2D eigenvalue weighted by atomic mass is 9.42. The van der Waals surface area contributed by atoms with E-state index in [1.165, 1.54) is 7.11 Å². The number of aliphatic hydroxyl groups excluding tert-OH is 1. The van der Waals surface area contributed by atoms with Gasteiger partial charge in [0.1, 0.15) is 16.9 Å². The number of allylic oxidation sites excluding steroid dienone is 2. The molecule has 1 saturated heterocycles. The van der Waals surface area contributed by atoms with Crippen LogP contribution in [0.5, 0.6) is 0 Å². The Hall–Kier alpha value is -1.62. The number of carbonyl (C=O) groups is 2. The van der Waals surface area contributed by atoms with E-state index in [0.29, 0.717) is 11.5 Å². The van der Waals surface area contributed by atoms with Crippen molar-refractivity contribution >= 4 is 11.8 Å². The second-order valence-corrected chi connectivity index (χ2v) is 11.8. The number of aliphatic hydroxyl groups is 1. The zero-order chi connectivity index (χ0) is 23.1. The summed E-state index contributed by atoms with van der Waals surface area (Å²) in [6, 6.07) is 0. The average Bonchev–Trinajstić information content (AvgIpc) is 2.70. The van der Waals surface area contributed by atoms with Gasteiger partial charge in [0.2, 0.25) is 0 Å². The summed E-state index contributed by atoms with van der Waals surface area (Å²) in [6.07, 6.45) is 4.22. The molecule has 1 heterocycles. The lowest BCUT2D eigenvalue weighted by molar-refractivity contribution is -0.228. The summed E-state index contributed by atoms with van der Waals surface area (Å²) < 4.78 is 11.8. The van der Waals surface area contributed by atoms with Crippen molar-refractivity contribution in [3.05, 3.63) is 22.5 Å². The molecule has 172 valence electrons. The molecule has 0 aromatic heterocycles. The number of ether oxygens (including phenoxy) is 2. The van der Waals surface area contributed by atoms with Crippen LogP contribution in [-0.2, 0) is 19.1 Å². The van der Waals surface area contributed by atoms with Crippen LogP contribution in [0.25, 0.3) is 0 Å². The van der Waals surface area contributed by atoms with Gasteiger partial charge in [0.15, 0.2) is 5.78 Å². The molecular weight excluding hydrogens is 392 g/mol. The maximum absolute atomic E-state index is 13.1. The number of hydrogen-bond donors (Lipinski definition) is 1. The fourth-order valence-corrected chi connectivity index (χ4v) is 7.81. The van der Waals surface area contributed by atoms with Crippen LogP contribution < -0.4 is 0 Å². The molecule has 6 atom stereocenters. The molecule has 0 amide bonds. The maximum atomic E-state index is 13.1. The van der Waals surface area contributed by atoms with Gasteiger partial charge in [-0.05, 0) is 82.1 Å². The zero-order valence-corrected chi connectivity index (χ0v) is 20.3. The molecule has 0 unspecified atom stereocenters. The van der Waals surface area contributed by atoms with Crippen molar-refractivity contribution in [2.45, 2.75) is 92.3 Å². The van der Waals surface area contributed by atoms with Crippen molar-refractivity contribution in [3.8, 4) is 0 Å². The molecule has 2 saturated carbocycles. The number of ketones is 1. The predicted molar refractivity (Wildman–Crippen MR) is 118 cm³/mol. The lowest BCUT2D eigenvalue weighted by Gasteiger charge is -2.66. The Morgan fingerprint density at radius 3 is 2.32 bits per heavy atom. The molecule has 3 aliphatic carbocycles. The van der Waals surface area contributed by atoms with Gasteiger partial charge in [-0.25, -0.2) is 4.79 Å². The van der Waals surface area contributed by atoms with Crippen LogP contribution in [-0.4, -0.2) is 35.7 Å². The van der Waals surface area contributed by atoms with E-state index in [-0.39, 0.29) is 39.8 Å². The molecule has 31 heavy (non-hydrogen) atoms. The van der Waals surface area contributed by atoms with Crippen LogP contribution in [0.4, 0.5) is 0 Å². The Morgan fingerprint density at radius 1 is 1.06 bits per heavy atom. The minimum atomic E-state index is -0.565. The first-order chi connectivity index (χ1) is 14.2. The maximum Gasteiger partial charge on any atom is 0.341 e. The molecule has 4 aliphatic rings. The summed E-state index contributed by atoms with van der Waals surface area (Å²) in [4.78, 5) is 25.6. The molecule has 3 fully saturated rings. The molecule has 5 heteroatoms. The fourth-order valence-electron chi connectivity index (χ4n) is 7.81. The van der Waals surface area contributed by atoms with Crippen molar-refractivity contribution in [1.82, 2.24) is 0 Å². The quantitative estimate of drug-likeness (QED) is 0.481. The summed E-state index contributed by atoms with van der Waals surface area (Å²) in [5.74, 6) is 0.550. The normalized spacial score (nSPS) is 44.2. The van der Waals surface area contributed by atoms with Crippen LogP contribution >= 0.6 is 0 Å². The molecule has 0 radical (unpaired) electrons. The van der Waals surface area contributed by atoms with Crippen molar-refractivity contribution in [1.29, 1.82) is 0 Å². The number of hydrogen-bond acceptors (Lipinski definition) is 5. The lowest BCUT2D eigenvalue weighted by Crippen LogP contribution is -2.64. The number of Topliss-reactive ketones (excluding diaryl/α,β-unsaturated/α-hetero) is 1. The topological polar surface area (TPSA) is 72.8 Å². The molecule has 1 aliphatic heterocycles. The van der Waals surface area contributed by atoms with Gasteiger partial charge >= 0.3 is 5.97 Å². The minimum Gasteiger partial charge on any atom is -0.490 e. The molecule has 0 aromatic rings. The first-order valence-corrected chi connectivity index (χ1v) is 11.7. The van der Waals surface area contributed by atoms with E-state index < -0.39 is 11.4 Å². The highest BCUT2D eigenvalue weighted by atomic mass is 16.5. The van der Waals surface area contributed by atoms with Gasteiger partial charge < -0.3 is 14.6 Å². The van der Waals surface area contributed by atoms with Gasteiger partial charge in [-0.1, -0.05) is 20.8 Å². The van der Waals surface area contributed by atoms with Crippen LogP contribution in [0.1, 0.15) is 80.6 Å². The van der Waals surface area contributed by atoms with E-state index in [4.69, 9.17) is 9.47 Å². The van der Waals surface area contributed by atoms with E-state index in [0.717, 1.165) is 43.4 Å². The van der Waals surface area contributed by atoms with E-state index in [1.54, 1.807) is 6.92 Å². The second kappa shape index (κ2) is 6.69. The number of methoxy groups -OCH3 is 1. The van der Waals surface area contributed by atoms with Crippen molar-refractivity contribution in [2.75, 3.05) is 7.11 Å². The van der Waals surface area contributed by atoms with Gasteiger partial charge in [-0.15, -0.1) is 0 Å². The van der Waals surface area contributed by atoms with Gasteiger partial charge in [-0.2, -0.15) is 0 Å². The molecule has 4 rings (SSSR count). The molecule has 1 N–H and O–H groups in total. The Bertz CT molecular complexity index is 911. The highest BCUT2D eigenvalue weighted by molar-refractivity contribution is 6.25. The predicted octanol–water partition coefficient (Wildman–Crippen LogP) is 4.73. The third-order valence-corrected chi connectivity index (χ3v) is 9.92. The molecule has 0 spiro atoms. The molecule has 0 aromatic carbocycles. The first-order valence-electron chi connectivity index (χ1n) is 11.7. The molecule has 5 nitrogen and oxygen atoms in total. The van der Waals surface area contributed by atoms with Gasteiger partial charge in [0.25, 0.3) is 0 Å². The Balaban J connectivity index is 1.84. The Morgan fingerprint density at radius 2 is 1.71 bits per heavy atom. The highest BCUT2D eigenvalue weighted by Crippen LogP contribution is 2.68.